The minimum absolute atomic E-state index is 0.00843. The highest BCUT2D eigenvalue weighted by atomic mass is 32.1. The van der Waals surface area contributed by atoms with Gasteiger partial charge >= 0.3 is 0 Å². The zero-order chi connectivity index (χ0) is 23.2. The Morgan fingerprint density at radius 2 is 1.91 bits per heavy atom. The summed E-state index contributed by atoms with van der Waals surface area (Å²) in [7, 11) is 0. The van der Waals surface area contributed by atoms with Crippen LogP contribution in [0.2, 0.25) is 0 Å². The molecule has 2 N–H and O–H groups in total. The van der Waals surface area contributed by atoms with Crippen LogP contribution >= 0.6 is 12.2 Å². The normalized spacial score (nSPS) is 16.6. The molecule has 1 fully saturated rings. The number of piperidine rings is 1. The second-order valence-electron chi connectivity index (χ2n) is 8.98. The van der Waals surface area contributed by atoms with E-state index in [1.54, 1.807) is 0 Å². The lowest BCUT2D eigenvalue weighted by molar-refractivity contribution is -0.121. The van der Waals surface area contributed by atoms with Crippen molar-refractivity contribution in [3.63, 3.8) is 0 Å². The van der Waals surface area contributed by atoms with Gasteiger partial charge in [0.25, 0.3) is 0 Å². The molecule has 0 spiro atoms. The van der Waals surface area contributed by atoms with Gasteiger partial charge in [-0.15, -0.1) is 0 Å². The Balaban J connectivity index is 1.35. The number of likely N-dealkylation sites (tertiary alicyclic amines) is 1. The highest BCUT2D eigenvalue weighted by Gasteiger charge is 2.19. The Morgan fingerprint density at radius 1 is 1.15 bits per heavy atom. The average Bonchev–Trinajstić information content (AvgIpc) is 3.19. The summed E-state index contributed by atoms with van der Waals surface area (Å²) >= 11 is 5.40. The van der Waals surface area contributed by atoms with Crippen LogP contribution in [0.25, 0.3) is 11.4 Å². The number of H-pyrrole nitrogens is 1. The number of aryl methyl sites for hydroxylation is 1. The van der Waals surface area contributed by atoms with Gasteiger partial charge in [-0.1, -0.05) is 60.5 Å². The van der Waals surface area contributed by atoms with Crippen LogP contribution in [0.1, 0.15) is 49.3 Å². The van der Waals surface area contributed by atoms with Gasteiger partial charge < -0.3 is 5.32 Å². The third-order valence-electron chi connectivity index (χ3n) is 6.54. The highest BCUT2D eigenvalue weighted by molar-refractivity contribution is 7.71. The van der Waals surface area contributed by atoms with Crippen molar-refractivity contribution in [3.05, 3.63) is 70.0 Å². The Bertz CT molecular complexity index is 1130. The quantitative estimate of drug-likeness (QED) is 0.462. The number of carbonyl (C=O) groups excluding carboxylic acids is 1. The van der Waals surface area contributed by atoms with Crippen LogP contribution in [0.4, 0.5) is 0 Å². The molecule has 1 aliphatic rings. The molecule has 7 heteroatoms. The summed E-state index contributed by atoms with van der Waals surface area (Å²) in [5, 5.41) is 10.3. The van der Waals surface area contributed by atoms with Gasteiger partial charge in [0, 0.05) is 37.7 Å². The number of hydrogen-bond donors (Lipinski definition) is 2. The van der Waals surface area contributed by atoms with Crippen LogP contribution in [0.5, 0.6) is 0 Å². The maximum atomic E-state index is 12.7. The van der Waals surface area contributed by atoms with Crippen LogP contribution in [0.3, 0.4) is 0 Å². The molecule has 4 rings (SSSR count). The summed E-state index contributed by atoms with van der Waals surface area (Å²) in [6.07, 6.45) is 4.20. The SMILES string of the molecule is Cc1ccc(-c2n[nH]c(=S)n2CCC(=O)NCc2ccccc2CN2CCCCC2C)cc1. The number of carbonyl (C=O) groups is 1. The molecular formula is C26H33N5OS. The number of benzene rings is 2. The van der Waals surface area contributed by atoms with Gasteiger partial charge in [0.2, 0.25) is 5.91 Å². The predicted molar refractivity (Wildman–Crippen MR) is 134 cm³/mol. The Kier molecular flexibility index (Phi) is 7.73. The molecule has 3 aromatic rings. The van der Waals surface area contributed by atoms with E-state index in [1.165, 1.54) is 36.0 Å². The molecule has 2 heterocycles. The zero-order valence-corrected chi connectivity index (χ0v) is 20.3. The van der Waals surface area contributed by atoms with Crippen molar-refractivity contribution in [2.24, 2.45) is 0 Å². The number of amides is 1. The Labute approximate surface area is 201 Å². The second kappa shape index (κ2) is 10.9. The van der Waals surface area contributed by atoms with Gasteiger partial charge in [0.1, 0.15) is 0 Å². The van der Waals surface area contributed by atoms with Gasteiger partial charge in [-0.05, 0) is 56.6 Å². The number of aromatic amines is 1. The maximum absolute atomic E-state index is 12.7. The molecule has 1 aromatic heterocycles. The second-order valence-corrected chi connectivity index (χ2v) is 9.37. The molecule has 33 heavy (non-hydrogen) atoms. The van der Waals surface area contributed by atoms with E-state index in [0.29, 0.717) is 30.3 Å². The smallest absolute Gasteiger partial charge is 0.222 e. The molecule has 0 bridgehead atoms. The van der Waals surface area contributed by atoms with Crippen molar-refractivity contribution in [2.45, 2.75) is 65.2 Å². The summed E-state index contributed by atoms with van der Waals surface area (Å²) in [6, 6.07) is 17.2. The largest absolute Gasteiger partial charge is 0.352 e. The summed E-state index contributed by atoms with van der Waals surface area (Å²) in [6.45, 7) is 7.48. The highest BCUT2D eigenvalue weighted by Crippen LogP contribution is 2.21. The van der Waals surface area contributed by atoms with Gasteiger partial charge in [0.15, 0.2) is 10.6 Å². The molecular weight excluding hydrogens is 430 g/mol. The molecule has 1 saturated heterocycles. The fraction of sp³-hybridized carbons (Fsp3) is 0.423. The summed E-state index contributed by atoms with van der Waals surface area (Å²) < 4.78 is 2.42. The van der Waals surface area contributed by atoms with E-state index >= 15 is 0 Å². The number of rotatable bonds is 8. The lowest BCUT2D eigenvalue weighted by Crippen LogP contribution is -2.37. The third-order valence-corrected chi connectivity index (χ3v) is 6.85. The average molecular weight is 464 g/mol. The first-order valence-electron chi connectivity index (χ1n) is 11.8. The van der Waals surface area contributed by atoms with Crippen molar-refractivity contribution < 1.29 is 4.79 Å². The number of nitrogens with one attached hydrogen (secondary N) is 2. The monoisotopic (exact) mass is 463 g/mol. The van der Waals surface area contributed by atoms with E-state index in [0.717, 1.165) is 24.5 Å². The molecule has 0 aliphatic carbocycles. The minimum atomic E-state index is 0.00843. The fourth-order valence-electron chi connectivity index (χ4n) is 4.44. The van der Waals surface area contributed by atoms with Crippen molar-refractivity contribution in [1.29, 1.82) is 0 Å². The summed E-state index contributed by atoms with van der Waals surface area (Å²) in [4.78, 5) is 15.2. The van der Waals surface area contributed by atoms with Gasteiger partial charge in [0.05, 0.1) is 0 Å². The van der Waals surface area contributed by atoms with E-state index in [4.69, 9.17) is 12.2 Å². The fourth-order valence-corrected chi connectivity index (χ4v) is 4.66. The topological polar surface area (TPSA) is 66.0 Å². The van der Waals surface area contributed by atoms with E-state index in [9.17, 15) is 4.79 Å². The van der Waals surface area contributed by atoms with Gasteiger partial charge in [-0.3, -0.25) is 19.4 Å². The van der Waals surface area contributed by atoms with Crippen molar-refractivity contribution in [1.82, 2.24) is 25.0 Å². The molecule has 1 aliphatic heterocycles. The van der Waals surface area contributed by atoms with Crippen molar-refractivity contribution >= 4 is 18.1 Å². The molecule has 1 amide bonds. The lowest BCUT2D eigenvalue weighted by atomic mass is 10.0. The maximum Gasteiger partial charge on any atom is 0.222 e. The molecule has 1 unspecified atom stereocenters. The molecule has 2 aromatic carbocycles. The predicted octanol–water partition coefficient (Wildman–Crippen LogP) is 5.00. The van der Waals surface area contributed by atoms with Crippen LogP contribution in [-0.2, 0) is 24.4 Å². The van der Waals surface area contributed by atoms with Crippen molar-refractivity contribution in [3.8, 4) is 11.4 Å². The summed E-state index contributed by atoms with van der Waals surface area (Å²) in [5.74, 6) is 0.767. The zero-order valence-electron chi connectivity index (χ0n) is 19.5. The van der Waals surface area contributed by atoms with Crippen LogP contribution in [-0.4, -0.2) is 38.2 Å². The van der Waals surface area contributed by atoms with Gasteiger partial charge in [-0.25, -0.2) is 0 Å². The lowest BCUT2D eigenvalue weighted by Gasteiger charge is -2.33. The van der Waals surface area contributed by atoms with E-state index in [-0.39, 0.29) is 5.91 Å². The first-order chi connectivity index (χ1) is 16.0. The van der Waals surface area contributed by atoms with Crippen LogP contribution in [0.15, 0.2) is 48.5 Å². The van der Waals surface area contributed by atoms with E-state index in [1.807, 2.05) is 34.9 Å². The van der Waals surface area contributed by atoms with Crippen molar-refractivity contribution in [2.75, 3.05) is 6.54 Å². The third kappa shape index (κ3) is 5.97. The Hall–Kier alpha value is -2.77. The molecule has 174 valence electrons. The summed E-state index contributed by atoms with van der Waals surface area (Å²) in [5.41, 5.74) is 4.65. The first-order valence-corrected chi connectivity index (χ1v) is 12.2. The minimum Gasteiger partial charge on any atom is -0.352 e. The molecule has 0 saturated carbocycles. The van der Waals surface area contributed by atoms with Crippen LogP contribution in [0, 0.1) is 11.7 Å². The standard InChI is InChI=1S/C26H33N5OS/c1-19-10-12-21(13-11-19)25-28-29-26(33)31(25)16-14-24(32)27-17-22-8-3-4-9-23(22)18-30-15-6-5-7-20(30)2/h3-4,8-13,20H,5-7,14-18H2,1-2H3,(H,27,32)(H,29,33). The van der Waals surface area contributed by atoms with Crippen LogP contribution < -0.4 is 5.32 Å². The number of aromatic nitrogens is 3. The first kappa shape index (κ1) is 23.4. The molecule has 6 nitrogen and oxygen atoms in total. The van der Waals surface area contributed by atoms with E-state index < -0.39 is 0 Å². The van der Waals surface area contributed by atoms with Gasteiger partial charge in [-0.2, -0.15) is 5.10 Å². The number of hydrogen-bond acceptors (Lipinski definition) is 4. The molecule has 0 radical (unpaired) electrons. The molecule has 1 atom stereocenters. The number of nitrogens with zero attached hydrogens (tertiary/aromatic N) is 3. The van der Waals surface area contributed by atoms with E-state index in [2.05, 4.69) is 52.5 Å². The Morgan fingerprint density at radius 3 is 2.67 bits per heavy atom.